The third-order valence-electron chi connectivity index (χ3n) is 4.63. The van der Waals surface area contributed by atoms with E-state index in [1.165, 1.54) is 17.1 Å². The summed E-state index contributed by atoms with van der Waals surface area (Å²) in [5, 5.41) is 20.2. The van der Waals surface area contributed by atoms with Crippen molar-refractivity contribution < 1.29 is 28.6 Å². The predicted molar refractivity (Wildman–Crippen MR) is 92.4 cm³/mol. The highest BCUT2D eigenvalue weighted by atomic mass is 19.3. The summed E-state index contributed by atoms with van der Waals surface area (Å²) in [6.45, 7) is 2.27. The van der Waals surface area contributed by atoms with Crippen LogP contribution in [0.4, 0.5) is 8.78 Å². The van der Waals surface area contributed by atoms with E-state index in [1.807, 2.05) is 0 Å². The molecule has 1 unspecified atom stereocenters. The molecule has 0 bridgehead atoms. The van der Waals surface area contributed by atoms with Crippen LogP contribution in [0.5, 0.6) is 0 Å². The van der Waals surface area contributed by atoms with Crippen molar-refractivity contribution in [2.75, 3.05) is 6.54 Å². The summed E-state index contributed by atoms with van der Waals surface area (Å²) in [6, 6.07) is -0.707. The number of halogens is 2. The van der Waals surface area contributed by atoms with Gasteiger partial charge in [-0.1, -0.05) is 51.2 Å². The largest absolute Gasteiger partial charge is 0.550 e. The summed E-state index contributed by atoms with van der Waals surface area (Å²) < 4.78 is 27.5. The number of amides is 1. The van der Waals surface area contributed by atoms with Crippen molar-refractivity contribution >= 4 is 11.9 Å². The van der Waals surface area contributed by atoms with Crippen molar-refractivity contribution in [3.05, 3.63) is 12.2 Å². The zero-order valence-corrected chi connectivity index (χ0v) is 15.5. The summed E-state index contributed by atoms with van der Waals surface area (Å²) in [6.07, 6.45) is 7.63. The number of unbranched alkanes of at least 4 members (excludes halogenated alkanes) is 5. The van der Waals surface area contributed by atoms with Gasteiger partial charge in [-0.3, -0.25) is 4.79 Å². The highest BCUT2D eigenvalue weighted by Crippen LogP contribution is 2.34. The van der Waals surface area contributed by atoms with E-state index in [-0.39, 0.29) is 13.0 Å². The van der Waals surface area contributed by atoms with E-state index in [4.69, 9.17) is 0 Å². The zero-order chi connectivity index (χ0) is 19.6. The number of aliphatic hydroxyl groups excluding tert-OH is 1. The van der Waals surface area contributed by atoms with E-state index in [2.05, 4.69) is 6.92 Å². The molecule has 1 rings (SSSR count). The minimum Gasteiger partial charge on any atom is -0.550 e. The van der Waals surface area contributed by atoms with E-state index < -0.39 is 36.4 Å². The van der Waals surface area contributed by atoms with Crippen LogP contribution in [0.25, 0.3) is 0 Å². The maximum atomic E-state index is 13.8. The quantitative estimate of drug-likeness (QED) is 0.397. The Morgan fingerprint density at radius 2 is 2.00 bits per heavy atom. The van der Waals surface area contributed by atoms with Gasteiger partial charge in [0.05, 0.1) is 12.1 Å². The number of aliphatic hydroxyl groups is 1. The van der Waals surface area contributed by atoms with E-state index in [9.17, 15) is 28.6 Å². The number of alkyl halides is 2. The lowest BCUT2D eigenvalue weighted by molar-refractivity contribution is -0.305. The van der Waals surface area contributed by atoms with Gasteiger partial charge in [0.2, 0.25) is 0 Å². The van der Waals surface area contributed by atoms with Gasteiger partial charge in [0.1, 0.15) is 0 Å². The Bertz CT molecular complexity index is 482. The second kappa shape index (κ2) is 11.3. The van der Waals surface area contributed by atoms with Crippen molar-refractivity contribution in [2.45, 2.75) is 89.2 Å². The summed E-state index contributed by atoms with van der Waals surface area (Å²) in [5.41, 5.74) is 0. The fourth-order valence-electron chi connectivity index (χ4n) is 3.12. The third-order valence-corrected chi connectivity index (χ3v) is 4.63. The van der Waals surface area contributed by atoms with Crippen LogP contribution < -0.4 is 5.11 Å². The number of aliphatic carboxylic acids is 1. The average molecular weight is 374 g/mol. The van der Waals surface area contributed by atoms with Crippen molar-refractivity contribution in [1.29, 1.82) is 0 Å². The molecule has 5 nitrogen and oxygen atoms in total. The minimum absolute atomic E-state index is 0.0119. The van der Waals surface area contributed by atoms with Crippen LogP contribution in [0.2, 0.25) is 0 Å². The number of likely N-dealkylation sites (tertiary alicyclic amines) is 1. The van der Waals surface area contributed by atoms with Crippen molar-refractivity contribution in [3.8, 4) is 0 Å². The molecule has 150 valence electrons. The number of carbonyl (C=O) groups is 2. The maximum Gasteiger partial charge on any atom is 0.327 e. The number of hydrogen-bond donors (Lipinski definition) is 1. The molecule has 1 heterocycles. The van der Waals surface area contributed by atoms with Gasteiger partial charge in [0, 0.05) is 18.9 Å². The molecule has 0 aromatic carbocycles. The normalized spacial score (nSPS) is 20.8. The number of carboxylic acid groups (broad SMARTS) is 1. The molecule has 1 aliphatic heterocycles. The fraction of sp³-hybridized carbons (Fsp3) is 0.789. The number of hydrogen-bond acceptors (Lipinski definition) is 4. The second-order valence-electron chi connectivity index (χ2n) is 6.96. The van der Waals surface area contributed by atoms with Gasteiger partial charge in [-0.2, -0.15) is 8.78 Å². The van der Waals surface area contributed by atoms with Crippen LogP contribution in [0.1, 0.15) is 71.1 Å². The fourth-order valence-corrected chi connectivity index (χ4v) is 3.12. The number of rotatable bonds is 13. The molecule has 1 saturated heterocycles. The van der Waals surface area contributed by atoms with Gasteiger partial charge >= 0.3 is 5.92 Å². The smallest absolute Gasteiger partial charge is 0.327 e. The molecular weight excluding hydrogens is 344 g/mol. The molecule has 0 aliphatic carbocycles. The van der Waals surface area contributed by atoms with Gasteiger partial charge in [-0.25, -0.2) is 0 Å². The molecule has 0 saturated carbocycles. The van der Waals surface area contributed by atoms with Gasteiger partial charge in [0.25, 0.3) is 5.91 Å². The molecule has 2 atom stereocenters. The highest BCUT2D eigenvalue weighted by molar-refractivity contribution is 5.86. The molecule has 1 fully saturated rings. The van der Waals surface area contributed by atoms with Crippen molar-refractivity contribution in [3.63, 3.8) is 0 Å². The van der Waals surface area contributed by atoms with E-state index in [0.29, 0.717) is 32.1 Å². The third kappa shape index (κ3) is 7.81. The summed E-state index contributed by atoms with van der Waals surface area (Å²) in [7, 11) is 0. The number of carboxylic acids is 1. The summed E-state index contributed by atoms with van der Waals surface area (Å²) in [5.74, 6) is -5.62. The van der Waals surface area contributed by atoms with Crippen LogP contribution >= 0.6 is 0 Å². The van der Waals surface area contributed by atoms with Gasteiger partial charge < -0.3 is 19.9 Å². The van der Waals surface area contributed by atoms with Crippen molar-refractivity contribution in [1.82, 2.24) is 4.90 Å². The average Bonchev–Trinajstić information content (AvgIpc) is 2.78. The van der Waals surface area contributed by atoms with E-state index in [1.54, 1.807) is 0 Å². The van der Waals surface area contributed by atoms with Crippen LogP contribution in [-0.4, -0.2) is 46.5 Å². The monoisotopic (exact) mass is 374 g/mol. The molecule has 0 aromatic rings. The molecule has 0 aromatic heterocycles. The topological polar surface area (TPSA) is 80.7 Å². The van der Waals surface area contributed by atoms with Crippen LogP contribution in [0.3, 0.4) is 0 Å². The van der Waals surface area contributed by atoms with E-state index >= 15 is 0 Å². The molecular formula is C19H30F2NO4-. The van der Waals surface area contributed by atoms with Gasteiger partial charge in [-0.15, -0.1) is 0 Å². The molecule has 0 spiro atoms. The Morgan fingerprint density at radius 1 is 1.31 bits per heavy atom. The first-order valence-corrected chi connectivity index (χ1v) is 9.53. The Kier molecular flexibility index (Phi) is 9.76. The zero-order valence-electron chi connectivity index (χ0n) is 15.5. The Balaban J connectivity index is 2.48. The Morgan fingerprint density at radius 3 is 2.65 bits per heavy atom. The van der Waals surface area contributed by atoms with Crippen LogP contribution in [0, 0.1) is 0 Å². The highest BCUT2D eigenvalue weighted by Gasteiger charge is 2.52. The second-order valence-corrected chi connectivity index (χ2v) is 6.96. The first-order valence-electron chi connectivity index (χ1n) is 9.53. The lowest BCUT2D eigenvalue weighted by Crippen LogP contribution is -2.36. The lowest BCUT2D eigenvalue weighted by Gasteiger charge is -2.22. The first-order chi connectivity index (χ1) is 12.3. The number of nitrogens with zero attached hydrogens (tertiary/aromatic N) is 1. The molecule has 7 heteroatoms. The minimum atomic E-state index is -3.36. The van der Waals surface area contributed by atoms with Gasteiger partial charge in [0.15, 0.2) is 0 Å². The van der Waals surface area contributed by atoms with E-state index in [0.717, 1.165) is 19.3 Å². The SMILES string of the molecule is CCCCCC(O)/C=C/[C@H]1CC(F)(F)C(=O)N1CCCCCCC(=O)[O-]. The standard InChI is InChI=1S/C19H31F2NO4/c1-2-3-6-9-16(23)12-11-15-14-19(20,21)18(26)22(15)13-8-5-4-7-10-17(24)25/h11-12,15-16,23H,2-10,13-14H2,1H3,(H,24,25)/p-1/b12-11+/t15-,16?/m0/s1. The van der Waals surface area contributed by atoms with Crippen LogP contribution in [-0.2, 0) is 9.59 Å². The first kappa shape index (κ1) is 22.5. The van der Waals surface area contributed by atoms with Crippen molar-refractivity contribution in [2.24, 2.45) is 0 Å². The summed E-state index contributed by atoms with van der Waals surface area (Å²) in [4.78, 5) is 23.4. The molecule has 1 N–H and O–H groups in total. The molecule has 0 radical (unpaired) electrons. The number of carbonyl (C=O) groups excluding carboxylic acids is 2. The van der Waals surface area contributed by atoms with Gasteiger partial charge in [-0.05, 0) is 25.7 Å². The Labute approximate surface area is 154 Å². The Hall–Kier alpha value is -1.50. The maximum absolute atomic E-state index is 13.8. The van der Waals surface area contributed by atoms with Crippen LogP contribution in [0.15, 0.2) is 12.2 Å². The molecule has 26 heavy (non-hydrogen) atoms. The molecule has 1 amide bonds. The predicted octanol–water partition coefficient (Wildman–Crippen LogP) is 2.42. The summed E-state index contributed by atoms with van der Waals surface area (Å²) >= 11 is 0. The molecule has 1 aliphatic rings. The lowest BCUT2D eigenvalue weighted by atomic mass is 10.1.